The number of carbonyl (C=O) groups excluding carboxylic acids is 2. The first-order valence-electron chi connectivity index (χ1n) is 8.09. The number of alkyl carbamates (subject to hydrolysis) is 1. The largest absolute Gasteiger partial charge is 0.479 e. The smallest absolute Gasteiger partial charge is 0.408 e. The van der Waals surface area contributed by atoms with Crippen LogP contribution in [-0.2, 0) is 14.3 Å². The lowest BCUT2D eigenvalue weighted by molar-refractivity contribution is -0.143. The minimum absolute atomic E-state index is 0.0416. The van der Waals surface area contributed by atoms with Crippen LogP contribution in [0.1, 0.15) is 17.0 Å². The van der Waals surface area contributed by atoms with E-state index in [1.165, 1.54) is 7.05 Å². The quantitative estimate of drug-likeness (QED) is 0.709. The number of nitrogens with one attached hydrogen (secondary N) is 2. The fraction of sp³-hybridized carbons (Fsp3) is 0.211. The van der Waals surface area contributed by atoms with Crippen LogP contribution in [0.4, 0.5) is 4.79 Å². The van der Waals surface area contributed by atoms with Crippen molar-refractivity contribution in [2.75, 3.05) is 13.7 Å². The summed E-state index contributed by atoms with van der Waals surface area (Å²) in [6.45, 7) is 0.0416. The summed E-state index contributed by atoms with van der Waals surface area (Å²) in [5.74, 6) is -2.43. The van der Waals surface area contributed by atoms with Crippen molar-refractivity contribution >= 4 is 18.0 Å². The Morgan fingerprint density at radius 2 is 1.58 bits per heavy atom. The van der Waals surface area contributed by atoms with E-state index in [4.69, 9.17) is 9.84 Å². The number of rotatable bonds is 5. The number of benzene rings is 2. The van der Waals surface area contributed by atoms with Gasteiger partial charge in [-0.05, 0) is 22.3 Å². The van der Waals surface area contributed by atoms with Crippen LogP contribution in [0.5, 0.6) is 0 Å². The SMILES string of the molecule is CNC(=O)C(NC(=O)OCC1c2ccccc2-c2ccccc21)C(=O)O. The second-order valence-corrected chi connectivity index (χ2v) is 5.86. The predicted octanol–water partition coefficient (Wildman–Crippen LogP) is 1.72. The van der Waals surface area contributed by atoms with Crippen molar-refractivity contribution < 1.29 is 24.2 Å². The lowest BCUT2D eigenvalue weighted by Crippen LogP contribution is -2.50. The maximum atomic E-state index is 12.0. The Balaban J connectivity index is 1.73. The summed E-state index contributed by atoms with van der Waals surface area (Å²) in [5, 5.41) is 13.3. The lowest BCUT2D eigenvalue weighted by atomic mass is 9.98. The second-order valence-electron chi connectivity index (χ2n) is 5.86. The maximum absolute atomic E-state index is 12.0. The van der Waals surface area contributed by atoms with Gasteiger partial charge in [0.2, 0.25) is 6.04 Å². The summed E-state index contributed by atoms with van der Waals surface area (Å²) in [6.07, 6.45) is -0.956. The van der Waals surface area contributed by atoms with Crippen LogP contribution < -0.4 is 10.6 Å². The molecule has 0 aliphatic heterocycles. The van der Waals surface area contributed by atoms with Crippen LogP contribution in [0.3, 0.4) is 0 Å². The number of hydrogen-bond donors (Lipinski definition) is 3. The molecule has 0 spiro atoms. The Bertz CT molecular complexity index is 819. The van der Waals surface area contributed by atoms with Gasteiger partial charge in [-0.3, -0.25) is 10.1 Å². The second kappa shape index (κ2) is 7.26. The van der Waals surface area contributed by atoms with Crippen LogP contribution >= 0.6 is 0 Å². The van der Waals surface area contributed by atoms with Crippen molar-refractivity contribution in [1.29, 1.82) is 0 Å². The number of carboxylic acids is 1. The highest BCUT2D eigenvalue weighted by Gasteiger charge is 2.31. The molecule has 3 rings (SSSR count). The number of likely N-dealkylation sites (N-methyl/N-ethyl adjacent to an activating group) is 1. The van der Waals surface area contributed by atoms with Gasteiger partial charge in [0.25, 0.3) is 5.91 Å². The molecule has 26 heavy (non-hydrogen) atoms. The standard InChI is InChI=1S/C19H18N2O5/c1-20-17(22)16(18(23)24)21-19(25)26-10-15-13-8-4-2-6-11(13)12-7-3-5-9-14(12)15/h2-9,15-16H,10H2,1H3,(H,20,22)(H,21,25)(H,23,24). The first-order valence-corrected chi connectivity index (χ1v) is 8.09. The van der Waals surface area contributed by atoms with Gasteiger partial charge in [0.15, 0.2) is 0 Å². The van der Waals surface area contributed by atoms with E-state index >= 15 is 0 Å². The van der Waals surface area contributed by atoms with Gasteiger partial charge < -0.3 is 15.2 Å². The van der Waals surface area contributed by atoms with Gasteiger partial charge in [-0.15, -0.1) is 0 Å². The van der Waals surface area contributed by atoms with Crippen LogP contribution in [0.2, 0.25) is 0 Å². The van der Waals surface area contributed by atoms with Gasteiger partial charge in [0, 0.05) is 13.0 Å². The Morgan fingerprint density at radius 1 is 1.04 bits per heavy atom. The van der Waals surface area contributed by atoms with Crippen molar-refractivity contribution in [3.63, 3.8) is 0 Å². The van der Waals surface area contributed by atoms with E-state index in [2.05, 4.69) is 10.6 Å². The highest BCUT2D eigenvalue weighted by molar-refractivity contribution is 6.03. The van der Waals surface area contributed by atoms with E-state index in [1.807, 2.05) is 48.5 Å². The molecule has 1 atom stereocenters. The molecule has 7 heteroatoms. The van der Waals surface area contributed by atoms with Gasteiger partial charge in [-0.1, -0.05) is 48.5 Å². The van der Waals surface area contributed by atoms with Gasteiger partial charge >= 0.3 is 12.1 Å². The minimum Gasteiger partial charge on any atom is -0.479 e. The molecule has 1 aliphatic rings. The van der Waals surface area contributed by atoms with Gasteiger partial charge in [0.1, 0.15) is 6.61 Å². The molecule has 2 aromatic carbocycles. The maximum Gasteiger partial charge on any atom is 0.408 e. The zero-order chi connectivity index (χ0) is 18.7. The normalized spacial score (nSPS) is 13.3. The molecule has 7 nitrogen and oxygen atoms in total. The van der Waals surface area contributed by atoms with Gasteiger partial charge in [0.05, 0.1) is 0 Å². The fourth-order valence-electron chi connectivity index (χ4n) is 3.14. The molecule has 0 saturated carbocycles. The van der Waals surface area contributed by atoms with E-state index in [0.717, 1.165) is 22.3 Å². The van der Waals surface area contributed by atoms with Crippen LogP contribution in [0.25, 0.3) is 11.1 Å². The van der Waals surface area contributed by atoms with Gasteiger partial charge in [-0.25, -0.2) is 9.59 Å². The van der Waals surface area contributed by atoms with E-state index in [-0.39, 0.29) is 12.5 Å². The van der Waals surface area contributed by atoms with Crippen LogP contribution in [-0.4, -0.2) is 42.8 Å². The number of hydrogen-bond acceptors (Lipinski definition) is 4. The van der Waals surface area contributed by atoms with Gasteiger partial charge in [-0.2, -0.15) is 0 Å². The monoisotopic (exact) mass is 354 g/mol. The summed E-state index contributed by atoms with van der Waals surface area (Å²) in [4.78, 5) is 34.6. The Hall–Kier alpha value is -3.35. The van der Waals surface area contributed by atoms with E-state index in [1.54, 1.807) is 0 Å². The van der Waals surface area contributed by atoms with Crippen LogP contribution in [0, 0.1) is 0 Å². The Labute approximate surface area is 150 Å². The average Bonchev–Trinajstić information content (AvgIpc) is 2.97. The molecule has 134 valence electrons. The molecule has 0 fully saturated rings. The summed E-state index contributed by atoms with van der Waals surface area (Å²) in [7, 11) is 1.29. The minimum atomic E-state index is -1.70. The van der Waals surface area contributed by atoms with Crippen molar-refractivity contribution in [2.24, 2.45) is 0 Å². The summed E-state index contributed by atoms with van der Waals surface area (Å²) in [6, 6.07) is 14.0. The topological polar surface area (TPSA) is 105 Å². The number of ether oxygens (including phenoxy) is 1. The van der Waals surface area contributed by atoms with E-state index in [0.29, 0.717) is 0 Å². The molecule has 0 aromatic heterocycles. The molecule has 0 bridgehead atoms. The molecule has 2 amide bonds. The Kier molecular flexibility index (Phi) is 4.88. The molecular formula is C19H18N2O5. The molecular weight excluding hydrogens is 336 g/mol. The van der Waals surface area contributed by atoms with E-state index in [9.17, 15) is 14.4 Å². The van der Waals surface area contributed by atoms with Crippen molar-refractivity contribution in [3.05, 3.63) is 59.7 Å². The number of amides is 2. The predicted molar refractivity (Wildman–Crippen MR) is 93.7 cm³/mol. The molecule has 0 saturated heterocycles. The first kappa shape index (κ1) is 17.5. The molecule has 1 aliphatic carbocycles. The zero-order valence-corrected chi connectivity index (χ0v) is 14.1. The number of carboxylic acid groups (broad SMARTS) is 1. The molecule has 0 heterocycles. The highest BCUT2D eigenvalue weighted by atomic mass is 16.5. The molecule has 2 aromatic rings. The number of aliphatic carboxylic acids is 1. The summed E-state index contributed by atoms with van der Waals surface area (Å²) < 4.78 is 5.22. The number of carbonyl (C=O) groups is 3. The Morgan fingerprint density at radius 3 is 2.08 bits per heavy atom. The molecule has 1 unspecified atom stereocenters. The third-order valence-electron chi connectivity index (χ3n) is 4.36. The molecule has 3 N–H and O–H groups in total. The summed E-state index contributed by atoms with van der Waals surface area (Å²) >= 11 is 0. The number of fused-ring (bicyclic) bond motifs is 3. The van der Waals surface area contributed by atoms with Crippen molar-refractivity contribution in [2.45, 2.75) is 12.0 Å². The average molecular weight is 354 g/mol. The molecule has 0 radical (unpaired) electrons. The lowest BCUT2D eigenvalue weighted by Gasteiger charge is -2.16. The van der Waals surface area contributed by atoms with E-state index < -0.39 is 24.0 Å². The van der Waals surface area contributed by atoms with Crippen LogP contribution in [0.15, 0.2) is 48.5 Å². The summed E-state index contributed by atoms with van der Waals surface area (Å²) in [5.41, 5.74) is 4.27. The zero-order valence-electron chi connectivity index (χ0n) is 14.1. The first-order chi connectivity index (χ1) is 12.5. The third-order valence-corrected chi connectivity index (χ3v) is 4.36. The van der Waals surface area contributed by atoms with Crippen molar-refractivity contribution in [1.82, 2.24) is 10.6 Å². The fourth-order valence-corrected chi connectivity index (χ4v) is 3.14. The third kappa shape index (κ3) is 3.23. The highest BCUT2D eigenvalue weighted by Crippen LogP contribution is 2.44. The van der Waals surface area contributed by atoms with Crippen molar-refractivity contribution in [3.8, 4) is 11.1 Å².